The number of rotatable bonds is 6. The molecule has 0 saturated heterocycles. The minimum atomic E-state index is -1.13. The van der Waals surface area contributed by atoms with Crippen molar-refractivity contribution in [2.24, 2.45) is 0 Å². The normalized spacial score (nSPS) is 11.7. The highest BCUT2D eigenvalue weighted by Crippen LogP contribution is 2.35. The molecule has 0 aliphatic rings. The van der Waals surface area contributed by atoms with Gasteiger partial charge in [-0.3, -0.25) is 10.1 Å². The summed E-state index contributed by atoms with van der Waals surface area (Å²) in [6, 6.07) is 17.4. The van der Waals surface area contributed by atoms with E-state index in [4.69, 9.17) is 10.5 Å². The van der Waals surface area contributed by atoms with Gasteiger partial charge in [-0.25, -0.2) is 9.78 Å². The van der Waals surface area contributed by atoms with Gasteiger partial charge >= 0.3 is 6.09 Å². The van der Waals surface area contributed by atoms with Crippen LogP contribution in [-0.2, 0) is 4.74 Å². The van der Waals surface area contributed by atoms with Crippen molar-refractivity contribution >= 4 is 50.9 Å². The number of carbonyl (C=O) groups is 2. The van der Waals surface area contributed by atoms with Gasteiger partial charge in [0.05, 0.1) is 28.9 Å². The quantitative estimate of drug-likeness (QED) is 0.167. The lowest BCUT2D eigenvalue weighted by molar-refractivity contribution is 0.0964. The molecule has 9 nitrogen and oxygen atoms in total. The number of para-hydroxylation sites is 1. The van der Waals surface area contributed by atoms with Crippen molar-refractivity contribution in [1.29, 1.82) is 0 Å². The van der Waals surface area contributed by atoms with E-state index in [9.17, 15) is 14.7 Å². The van der Waals surface area contributed by atoms with Crippen molar-refractivity contribution < 1.29 is 19.4 Å². The van der Waals surface area contributed by atoms with Gasteiger partial charge in [0.25, 0.3) is 5.91 Å². The molecule has 1 atom stereocenters. The molecule has 6 N–H and O–H groups in total. The Morgan fingerprint density at radius 3 is 2.65 bits per heavy atom. The largest absolute Gasteiger partial charge is 0.450 e. The topological polar surface area (TPSA) is 139 Å². The summed E-state index contributed by atoms with van der Waals surface area (Å²) in [5.41, 5.74) is 9.57. The van der Waals surface area contributed by atoms with E-state index in [0.29, 0.717) is 44.6 Å². The van der Waals surface area contributed by atoms with E-state index in [1.165, 1.54) is 0 Å². The number of aliphatic hydroxyl groups excluding tert-OH is 1. The van der Waals surface area contributed by atoms with E-state index in [-0.39, 0.29) is 12.5 Å². The molecule has 2 amide bonds. The monoisotopic (exact) mass is 459 g/mol. The zero-order chi connectivity index (χ0) is 24.2. The number of nitrogens with one attached hydrogen (secondary N) is 3. The molecule has 0 saturated carbocycles. The molecule has 0 spiro atoms. The number of aromatic nitrogens is 1. The number of ether oxygens (including phenoxy) is 1. The predicted molar refractivity (Wildman–Crippen MR) is 133 cm³/mol. The molecule has 1 heterocycles. The highest BCUT2D eigenvalue weighted by molar-refractivity contribution is 6.14. The van der Waals surface area contributed by atoms with Crippen LogP contribution < -0.4 is 21.7 Å². The van der Waals surface area contributed by atoms with Crippen LogP contribution in [-0.4, -0.2) is 35.7 Å². The summed E-state index contributed by atoms with van der Waals surface area (Å²) in [7, 11) is 1.56. The van der Waals surface area contributed by atoms with Gasteiger partial charge in [-0.05, 0) is 43.3 Å². The summed E-state index contributed by atoms with van der Waals surface area (Å²) >= 11 is 0. The Morgan fingerprint density at radius 1 is 1.09 bits per heavy atom. The van der Waals surface area contributed by atoms with Gasteiger partial charge in [-0.2, -0.15) is 0 Å². The standard InChI is InChI=1S/C25H25N5O4/c1-3-34-25(33)28-16-7-4-6-14(12-16)23(31)30-21-17-11-10-15(26)13-20(17)29-22-18(21)8-5-9-19(22)24(32)27-2/h4-13,23,31H,3,26H2,1-2H3,(H,27,32)(H,28,33)(H,29,30). The number of benzene rings is 3. The molecule has 174 valence electrons. The van der Waals surface area contributed by atoms with E-state index >= 15 is 0 Å². The lowest BCUT2D eigenvalue weighted by Crippen LogP contribution is -2.18. The molecular formula is C25H25N5O4. The minimum Gasteiger partial charge on any atom is -0.450 e. The van der Waals surface area contributed by atoms with Crippen LogP contribution in [0, 0.1) is 0 Å². The summed E-state index contributed by atoms with van der Waals surface area (Å²) in [4.78, 5) is 28.9. The number of carbonyl (C=O) groups excluding carboxylic acids is 2. The van der Waals surface area contributed by atoms with E-state index < -0.39 is 12.3 Å². The maximum absolute atomic E-state index is 12.5. The van der Waals surface area contributed by atoms with Gasteiger partial charge in [-0.15, -0.1) is 0 Å². The Kier molecular flexibility index (Phi) is 6.46. The number of nitrogen functional groups attached to an aromatic ring is 1. The van der Waals surface area contributed by atoms with Gasteiger partial charge < -0.3 is 26.2 Å². The first kappa shape index (κ1) is 22.8. The number of aliphatic hydroxyl groups is 1. The van der Waals surface area contributed by atoms with E-state index in [2.05, 4.69) is 20.9 Å². The van der Waals surface area contributed by atoms with Gasteiger partial charge in [0.15, 0.2) is 6.23 Å². The third-order valence-electron chi connectivity index (χ3n) is 5.31. The summed E-state index contributed by atoms with van der Waals surface area (Å²) in [5.74, 6) is -0.273. The maximum atomic E-state index is 12.5. The summed E-state index contributed by atoms with van der Waals surface area (Å²) < 4.78 is 4.91. The second-order valence-electron chi connectivity index (χ2n) is 7.56. The van der Waals surface area contributed by atoms with Crippen LogP contribution >= 0.6 is 0 Å². The third-order valence-corrected chi connectivity index (χ3v) is 5.31. The summed E-state index contributed by atoms with van der Waals surface area (Å²) in [5, 5.41) is 20.9. The number of fused-ring (bicyclic) bond motifs is 2. The first-order chi connectivity index (χ1) is 16.4. The van der Waals surface area contributed by atoms with Gasteiger partial charge in [-0.1, -0.05) is 24.3 Å². The Morgan fingerprint density at radius 2 is 1.88 bits per heavy atom. The third kappa shape index (κ3) is 4.55. The molecular weight excluding hydrogens is 434 g/mol. The first-order valence-electron chi connectivity index (χ1n) is 10.7. The van der Waals surface area contributed by atoms with Crippen molar-refractivity contribution in [1.82, 2.24) is 10.3 Å². The van der Waals surface area contributed by atoms with Gasteiger partial charge in [0.2, 0.25) is 0 Å². The van der Waals surface area contributed by atoms with E-state index in [0.717, 1.165) is 5.39 Å². The molecule has 9 heteroatoms. The molecule has 34 heavy (non-hydrogen) atoms. The molecule has 0 radical (unpaired) electrons. The van der Waals surface area contributed by atoms with Gasteiger partial charge in [0, 0.05) is 34.8 Å². The molecule has 0 bridgehead atoms. The average Bonchev–Trinajstić information content (AvgIpc) is 2.83. The fourth-order valence-electron chi connectivity index (χ4n) is 3.75. The number of hydrogen-bond acceptors (Lipinski definition) is 7. The number of nitrogens with zero attached hydrogens (tertiary/aromatic N) is 1. The molecule has 4 rings (SSSR count). The van der Waals surface area contributed by atoms with Crippen LogP contribution in [0.4, 0.5) is 21.9 Å². The first-order valence-corrected chi connectivity index (χ1v) is 10.7. The van der Waals surface area contributed by atoms with Crippen molar-refractivity contribution in [2.75, 3.05) is 30.0 Å². The van der Waals surface area contributed by atoms with Crippen LogP contribution in [0.25, 0.3) is 21.8 Å². The van der Waals surface area contributed by atoms with Crippen LogP contribution in [0.2, 0.25) is 0 Å². The van der Waals surface area contributed by atoms with Crippen LogP contribution in [0.3, 0.4) is 0 Å². The number of amides is 2. The molecule has 1 aromatic heterocycles. The smallest absolute Gasteiger partial charge is 0.411 e. The maximum Gasteiger partial charge on any atom is 0.411 e. The average molecular weight is 460 g/mol. The summed E-state index contributed by atoms with van der Waals surface area (Å²) in [6.07, 6.45) is -1.70. The molecule has 0 aliphatic heterocycles. The number of anilines is 3. The second kappa shape index (κ2) is 9.63. The number of nitrogens with two attached hydrogens (primary N) is 1. The second-order valence-corrected chi connectivity index (χ2v) is 7.56. The molecule has 0 aliphatic carbocycles. The highest BCUT2D eigenvalue weighted by atomic mass is 16.5. The van der Waals surface area contributed by atoms with Crippen molar-refractivity contribution in [3.05, 3.63) is 71.8 Å². The Balaban J connectivity index is 1.79. The Hall–Kier alpha value is -4.37. The summed E-state index contributed by atoms with van der Waals surface area (Å²) in [6.45, 7) is 1.97. The predicted octanol–water partition coefficient (Wildman–Crippen LogP) is 4.00. The van der Waals surface area contributed by atoms with Crippen molar-refractivity contribution in [2.45, 2.75) is 13.2 Å². The van der Waals surface area contributed by atoms with Crippen molar-refractivity contribution in [3.63, 3.8) is 0 Å². The van der Waals surface area contributed by atoms with E-state index in [1.807, 2.05) is 12.1 Å². The molecule has 1 unspecified atom stereocenters. The van der Waals surface area contributed by atoms with Crippen LogP contribution in [0.1, 0.15) is 29.1 Å². The Labute approximate surface area is 195 Å². The number of hydrogen-bond donors (Lipinski definition) is 5. The van der Waals surface area contributed by atoms with Crippen molar-refractivity contribution in [3.8, 4) is 0 Å². The van der Waals surface area contributed by atoms with E-state index in [1.54, 1.807) is 62.5 Å². The lowest BCUT2D eigenvalue weighted by Gasteiger charge is -2.20. The molecule has 0 fully saturated rings. The zero-order valence-corrected chi connectivity index (χ0v) is 18.8. The molecule has 3 aromatic carbocycles. The highest BCUT2D eigenvalue weighted by Gasteiger charge is 2.18. The molecule has 4 aromatic rings. The van der Waals surface area contributed by atoms with Crippen LogP contribution in [0.5, 0.6) is 0 Å². The van der Waals surface area contributed by atoms with Crippen LogP contribution in [0.15, 0.2) is 60.7 Å². The Bertz CT molecular complexity index is 1390. The van der Waals surface area contributed by atoms with Gasteiger partial charge in [0.1, 0.15) is 0 Å². The fourth-order valence-corrected chi connectivity index (χ4v) is 3.75. The fraction of sp³-hybridized carbons (Fsp3) is 0.160. The number of pyridine rings is 1. The zero-order valence-electron chi connectivity index (χ0n) is 18.8. The minimum absolute atomic E-state index is 0.250. The lowest BCUT2D eigenvalue weighted by atomic mass is 10.0. The SMILES string of the molecule is CCOC(=O)Nc1cccc(C(O)Nc2c3ccc(N)cc3nc3c(C(=O)NC)cccc23)c1.